The van der Waals surface area contributed by atoms with Crippen LogP contribution in [0.2, 0.25) is 0 Å². The van der Waals surface area contributed by atoms with Crippen molar-refractivity contribution < 1.29 is 14.3 Å². The third-order valence-electron chi connectivity index (χ3n) is 5.77. The highest BCUT2D eigenvalue weighted by molar-refractivity contribution is 7.10. The molecule has 5 nitrogen and oxygen atoms in total. The van der Waals surface area contributed by atoms with E-state index in [0.717, 1.165) is 24.2 Å². The van der Waals surface area contributed by atoms with Gasteiger partial charge in [-0.25, -0.2) is 0 Å². The van der Waals surface area contributed by atoms with E-state index in [4.69, 9.17) is 4.74 Å². The summed E-state index contributed by atoms with van der Waals surface area (Å²) < 4.78 is 5.29. The average molecular weight is 415 g/mol. The number of methoxy groups -OCH3 is 1. The van der Waals surface area contributed by atoms with Gasteiger partial charge in [0, 0.05) is 23.9 Å². The van der Waals surface area contributed by atoms with Gasteiger partial charge in [-0.2, -0.15) is 0 Å². The first-order valence-electron chi connectivity index (χ1n) is 10.3. The molecule has 2 atom stereocenters. The molecule has 1 aliphatic heterocycles. The van der Waals surface area contributed by atoms with Crippen molar-refractivity contribution in [1.29, 1.82) is 0 Å². The van der Waals surface area contributed by atoms with Crippen LogP contribution in [0.5, 0.6) is 5.75 Å². The molecule has 1 aromatic heterocycles. The molecule has 0 fully saturated rings. The van der Waals surface area contributed by atoms with Gasteiger partial charge in [-0.3, -0.25) is 9.59 Å². The zero-order valence-electron chi connectivity index (χ0n) is 17.7. The molecule has 1 aliphatic rings. The van der Waals surface area contributed by atoms with Crippen molar-refractivity contribution in [2.24, 2.45) is 0 Å². The molecule has 156 valence electrons. The Hall–Kier alpha value is -2.34. The Bertz CT molecular complexity index is 846. The van der Waals surface area contributed by atoms with Gasteiger partial charge in [0.1, 0.15) is 12.3 Å². The van der Waals surface area contributed by atoms with E-state index < -0.39 is 0 Å². The van der Waals surface area contributed by atoms with Crippen LogP contribution in [0, 0.1) is 0 Å². The zero-order valence-corrected chi connectivity index (χ0v) is 18.5. The molecule has 2 amide bonds. The number of carbonyl (C=O) groups is 2. The highest BCUT2D eigenvalue weighted by Crippen LogP contribution is 2.38. The molecule has 29 heavy (non-hydrogen) atoms. The van der Waals surface area contributed by atoms with Crippen molar-refractivity contribution in [1.82, 2.24) is 9.80 Å². The Morgan fingerprint density at radius 1 is 1.24 bits per heavy atom. The largest absolute Gasteiger partial charge is 0.497 e. The summed E-state index contributed by atoms with van der Waals surface area (Å²) in [5.41, 5.74) is 2.26. The summed E-state index contributed by atoms with van der Waals surface area (Å²) in [6.07, 6.45) is 2.10. The molecule has 0 unspecified atom stereocenters. The minimum Gasteiger partial charge on any atom is -0.497 e. The Morgan fingerprint density at radius 2 is 1.97 bits per heavy atom. The number of carbonyl (C=O) groups excluding carboxylic acids is 2. The second-order valence-electron chi connectivity index (χ2n) is 7.44. The van der Waals surface area contributed by atoms with Crippen molar-refractivity contribution in [3.8, 4) is 5.75 Å². The van der Waals surface area contributed by atoms with Crippen LogP contribution in [0.1, 0.15) is 55.7 Å². The number of benzene rings is 1. The molecule has 0 N–H and O–H groups in total. The maximum absolute atomic E-state index is 13.4. The molecule has 0 saturated carbocycles. The Balaban J connectivity index is 1.91. The Labute approximate surface area is 177 Å². The smallest absolute Gasteiger partial charge is 0.243 e. The van der Waals surface area contributed by atoms with E-state index in [0.29, 0.717) is 13.0 Å². The molecule has 0 radical (unpaired) electrons. The molecule has 0 spiro atoms. The predicted octanol–water partition coefficient (Wildman–Crippen LogP) is 4.27. The van der Waals surface area contributed by atoms with Crippen molar-refractivity contribution >= 4 is 23.2 Å². The number of rotatable bonds is 7. The summed E-state index contributed by atoms with van der Waals surface area (Å²) in [6, 6.07) is 9.97. The summed E-state index contributed by atoms with van der Waals surface area (Å²) in [5.74, 6) is 0.830. The van der Waals surface area contributed by atoms with Gasteiger partial charge in [0.25, 0.3) is 0 Å². The number of fused-ring (bicyclic) bond motifs is 1. The molecule has 2 heterocycles. The zero-order chi connectivity index (χ0) is 21.0. The number of ether oxygens (including phenoxy) is 1. The van der Waals surface area contributed by atoms with Crippen molar-refractivity contribution in [3.63, 3.8) is 0 Å². The molecular weight excluding hydrogens is 384 g/mol. The normalized spacial score (nSPS) is 16.8. The van der Waals surface area contributed by atoms with Crippen molar-refractivity contribution in [2.75, 3.05) is 20.2 Å². The lowest BCUT2D eigenvalue weighted by Crippen LogP contribution is -2.49. The summed E-state index contributed by atoms with van der Waals surface area (Å²) in [6.45, 7) is 6.70. The lowest BCUT2D eigenvalue weighted by Gasteiger charge is -2.38. The fraction of sp³-hybridized carbons (Fsp3) is 0.478. The molecule has 0 aliphatic carbocycles. The maximum atomic E-state index is 13.4. The van der Waals surface area contributed by atoms with E-state index in [9.17, 15) is 9.59 Å². The first kappa shape index (κ1) is 21.4. The molecule has 2 aromatic rings. The van der Waals surface area contributed by atoms with Crippen LogP contribution < -0.4 is 4.74 Å². The first-order chi connectivity index (χ1) is 14.0. The predicted molar refractivity (Wildman–Crippen MR) is 116 cm³/mol. The molecule has 1 aromatic carbocycles. The molecule has 0 saturated heterocycles. The van der Waals surface area contributed by atoms with E-state index in [1.807, 2.05) is 49.9 Å². The summed E-state index contributed by atoms with van der Waals surface area (Å²) in [5, 5.41) is 2.10. The third kappa shape index (κ3) is 4.47. The third-order valence-corrected chi connectivity index (χ3v) is 6.77. The highest BCUT2D eigenvalue weighted by atomic mass is 32.1. The van der Waals surface area contributed by atoms with Crippen LogP contribution in [0.25, 0.3) is 0 Å². The lowest BCUT2D eigenvalue weighted by atomic mass is 9.93. The number of thiophene rings is 1. The van der Waals surface area contributed by atoms with Gasteiger partial charge in [0.05, 0.1) is 13.2 Å². The van der Waals surface area contributed by atoms with E-state index >= 15 is 0 Å². The average Bonchev–Trinajstić information content (AvgIpc) is 3.24. The number of amides is 2. The summed E-state index contributed by atoms with van der Waals surface area (Å²) >= 11 is 1.75. The van der Waals surface area contributed by atoms with Gasteiger partial charge in [-0.1, -0.05) is 26.0 Å². The molecule has 0 bridgehead atoms. The van der Waals surface area contributed by atoms with Crippen LogP contribution in [0.15, 0.2) is 35.7 Å². The van der Waals surface area contributed by atoms with Gasteiger partial charge in [0.15, 0.2) is 0 Å². The minimum atomic E-state index is -0.126. The minimum absolute atomic E-state index is 0.00441. The van der Waals surface area contributed by atoms with E-state index in [-0.39, 0.29) is 30.4 Å². The second kappa shape index (κ2) is 9.44. The van der Waals surface area contributed by atoms with Crippen molar-refractivity contribution in [3.05, 3.63) is 51.7 Å². The van der Waals surface area contributed by atoms with Gasteiger partial charge in [0.2, 0.25) is 11.8 Å². The standard InChI is InChI=1S/C23H30N2O3S/c1-5-16(3)25(21(26)6-2)15-22(27)24-13-11-20-19(12-14-29-20)23(24)17-7-9-18(28-4)10-8-17/h7-10,12,14,16,23H,5-6,11,13,15H2,1-4H3/t16-,23-/m1/s1. The van der Waals surface area contributed by atoms with Crippen LogP contribution in [0.4, 0.5) is 0 Å². The summed E-state index contributed by atoms with van der Waals surface area (Å²) in [4.78, 5) is 30.9. The van der Waals surface area contributed by atoms with E-state index in [1.54, 1.807) is 23.3 Å². The number of hydrogen-bond donors (Lipinski definition) is 0. The Morgan fingerprint density at radius 3 is 2.59 bits per heavy atom. The van der Waals surface area contributed by atoms with Crippen molar-refractivity contribution in [2.45, 2.75) is 52.1 Å². The van der Waals surface area contributed by atoms with E-state index in [2.05, 4.69) is 11.4 Å². The monoisotopic (exact) mass is 414 g/mol. The van der Waals surface area contributed by atoms with Crippen LogP contribution in [-0.2, 0) is 16.0 Å². The van der Waals surface area contributed by atoms with Crippen LogP contribution in [-0.4, -0.2) is 47.9 Å². The van der Waals surface area contributed by atoms with Gasteiger partial charge in [-0.05, 0) is 54.5 Å². The van der Waals surface area contributed by atoms with E-state index in [1.165, 1.54) is 10.4 Å². The SMILES string of the molecule is CCC(=O)N(CC(=O)N1CCc2sccc2[C@H]1c1ccc(OC)cc1)[C@H](C)CC. The van der Waals surface area contributed by atoms with Gasteiger partial charge in [-0.15, -0.1) is 11.3 Å². The molecule has 3 rings (SSSR count). The maximum Gasteiger partial charge on any atom is 0.243 e. The lowest BCUT2D eigenvalue weighted by molar-refractivity contribution is -0.143. The van der Waals surface area contributed by atoms with Gasteiger partial charge < -0.3 is 14.5 Å². The molecule has 6 heteroatoms. The van der Waals surface area contributed by atoms with Gasteiger partial charge >= 0.3 is 0 Å². The summed E-state index contributed by atoms with van der Waals surface area (Å²) in [7, 11) is 1.65. The number of hydrogen-bond acceptors (Lipinski definition) is 4. The Kier molecular flexibility index (Phi) is 6.96. The molecular formula is C23H30N2O3S. The fourth-order valence-corrected chi connectivity index (χ4v) is 4.78. The van der Waals surface area contributed by atoms with Crippen LogP contribution >= 0.6 is 11.3 Å². The quantitative estimate of drug-likeness (QED) is 0.680. The topological polar surface area (TPSA) is 49.9 Å². The first-order valence-corrected chi connectivity index (χ1v) is 11.2. The van der Waals surface area contributed by atoms with Crippen LogP contribution in [0.3, 0.4) is 0 Å². The highest BCUT2D eigenvalue weighted by Gasteiger charge is 2.34. The second-order valence-corrected chi connectivity index (χ2v) is 8.45. The number of nitrogens with zero attached hydrogens (tertiary/aromatic N) is 2. The fourth-order valence-electron chi connectivity index (χ4n) is 3.88.